The Morgan fingerprint density at radius 2 is 1.96 bits per heavy atom. The maximum Gasteiger partial charge on any atom is 0.269 e. The summed E-state index contributed by atoms with van der Waals surface area (Å²) in [5.74, 6) is -0.759. The first-order valence-electron chi connectivity index (χ1n) is 8.81. The Balaban J connectivity index is 1.86. The predicted octanol–water partition coefficient (Wildman–Crippen LogP) is 2.83. The van der Waals surface area contributed by atoms with Crippen molar-refractivity contribution in [2.75, 3.05) is 11.9 Å². The fraction of sp³-hybridized carbons (Fsp3) is 0.200. The maximum atomic E-state index is 12.6. The molecule has 1 aromatic heterocycles. The number of nitrogens with one attached hydrogen (secondary N) is 2. The molecular formula is C20H19ClN4O3. The number of hydrogen-bond donors (Lipinski definition) is 2. The van der Waals surface area contributed by atoms with Crippen LogP contribution in [-0.2, 0) is 11.3 Å². The van der Waals surface area contributed by atoms with E-state index in [0.717, 1.165) is 6.42 Å². The van der Waals surface area contributed by atoms with Crippen LogP contribution in [0.25, 0.3) is 11.0 Å². The first kappa shape index (κ1) is 19.6. The third kappa shape index (κ3) is 4.37. The zero-order valence-corrected chi connectivity index (χ0v) is 16.0. The number of amides is 2. The number of aromatic nitrogens is 2. The summed E-state index contributed by atoms with van der Waals surface area (Å²) in [5.41, 5.74) is 1.37. The lowest BCUT2D eigenvalue weighted by Gasteiger charge is -2.13. The third-order valence-corrected chi connectivity index (χ3v) is 4.33. The SMILES string of the molecule is CCCNC(=O)c1ccc(Cl)cc1NC(=O)Cn1c(=O)cnc2ccccc21. The zero-order valence-electron chi connectivity index (χ0n) is 15.2. The van der Waals surface area contributed by atoms with Gasteiger partial charge in [0.05, 0.1) is 28.5 Å². The van der Waals surface area contributed by atoms with Crippen LogP contribution in [0.1, 0.15) is 23.7 Å². The topological polar surface area (TPSA) is 93.1 Å². The molecule has 0 aliphatic carbocycles. The largest absolute Gasteiger partial charge is 0.352 e. The Labute approximate surface area is 166 Å². The highest BCUT2D eigenvalue weighted by molar-refractivity contribution is 6.31. The first-order valence-corrected chi connectivity index (χ1v) is 9.19. The third-order valence-electron chi connectivity index (χ3n) is 4.09. The minimum Gasteiger partial charge on any atom is -0.352 e. The standard InChI is InChI=1S/C20H19ClN4O3/c1-2-9-22-20(28)14-8-7-13(21)10-16(14)24-18(26)12-25-17-6-4-3-5-15(17)23-11-19(25)27/h3-8,10-11H,2,9,12H2,1H3,(H,22,28)(H,24,26). The van der Waals surface area contributed by atoms with Gasteiger partial charge in [0.15, 0.2) is 0 Å². The summed E-state index contributed by atoms with van der Waals surface area (Å²) >= 11 is 6.03. The number of nitrogens with zero attached hydrogens (tertiary/aromatic N) is 2. The number of para-hydroxylation sites is 2. The molecule has 0 atom stereocenters. The molecule has 144 valence electrons. The molecule has 0 aliphatic rings. The smallest absolute Gasteiger partial charge is 0.269 e. The van der Waals surface area contributed by atoms with E-state index in [0.29, 0.717) is 28.2 Å². The fourth-order valence-corrected chi connectivity index (χ4v) is 2.93. The zero-order chi connectivity index (χ0) is 20.1. The molecule has 0 spiro atoms. The average Bonchev–Trinajstić information content (AvgIpc) is 2.68. The van der Waals surface area contributed by atoms with Crippen LogP contribution < -0.4 is 16.2 Å². The number of halogens is 1. The van der Waals surface area contributed by atoms with Gasteiger partial charge in [0.25, 0.3) is 11.5 Å². The molecule has 0 radical (unpaired) electrons. The predicted molar refractivity (Wildman–Crippen MR) is 109 cm³/mol. The monoisotopic (exact) mass is 398 g/mol. The van der Waals surface area contributed by atoms with E-state index >= 15 is 0 Å². The van der Waals surface area contributed by atoms with Crippen molar-refractivity contribution in [1.29, 1.82) is 0 Å². The highest BCUT2D eigenvalue weighted by atomic mass is 35.5. The van der Waals surface area contributed by atoms with Gasteiger partial charge in [0, 0.05) is 11.6 Å². The summed E-state index contributed by atoms with van der Waals surface area (Å²) in [6, 6.07) is 11.7. The molecule has 1 heterocycles. The second kappa shape index (κ2) is 8.67. The molecule has 0 unspecified atom stereocenters. The van der Waals surface area contributed by atoms with Crippen LogP contribution in [0.5, 0.6) is 0 Å². The van der Waals surface area contributed by atoms with Gasteiger partial charge in [0.1, 0.15) is 6.54 Å². The second-order valence-electron chi connectivity index (χ2n) is 6.17. The van der Waals surface area contributed by atoms with Crippen molar-refractivity contribution < 1.29 is 9.59 Å². The lowest BCUT2D eigenvalue weighted by molar-refractivity contribution is -0.116. The summed E-state index contributed by atoms with van der Waals surface area (Å²) in [4.78, 5) is 41.2. The maximum absolute atomic E-state index is 12.6. The molecule has 7 nitrogen and oxygen atoms in total. The van der Waals surface area contributed by atoms with Crippen molar-refractivity contribution in [2.24, 2.45) is 0 Å². The number of benzene rings is 2. The molecule has 0 bridgehead atoms. The van der Waals surface area contributed by atoms with E-state index in [1.165, 1.54) is 16.8 Å². The van der Waals surface area contributed by atoms with Crippen LogP contribution >= 0.6 is 11.6 Å². The van der Waals surface area contributed by atoms with Gasteiger partial charge >= 0.3 is 0 Å². The molecule has 3 aromatic rings. The van der Waals surface area contributed by atoms with Crippen LogP contribution in [0, 0.1) is 0 Å². The van der Waals surface area contributed by atoms with E-state index in [1.54, 1.807) is 36.4 Å². The van der Waals surface area contributed by atoms with Crippen LogP contribution in [0.4, 0.5) is 5.69 Å². The van der Waals surface area contributed by atoms with E-state index in [4.69, 9.17) is 11.6 Å². The second-order valence-corrected chi connectivity index (χ2v) is 6.60. The van der Waals surface area contributed by atoms with Gasteiger partial charge in [-0.15, -0.1) is 0 Å². The number of hydrogen-bond acceptors (Lipinski definition) is 4. The van der Waals surface area contributed by atoms with Gasteiger partial charge < -0.3 is 10.6 Å². The summed E-state index contributed by atoms with van der Waals surface area (Å²) in [7, 11) is 0. The fourth-order valence-electron chi connectivity index (χ4n) is 2.76. The number of rotatable bonds is 6. The van der Waals surface area contributed by atoms with Gasteiger partial charge in [-0.1, -0.05) is 30.7 Å². The Kier molecular flexibility index (Phi) is 6.06. The van der Waals surface area contributed by atoms with Crippen molar-refractivity contribution in [1.82, 2.24) is 14.9 Å². The lowest BCUT2D eigenvalue weighted by Crippen LogP contribution is -2.29. The highest BCUT2D eigenvalue weighted by Gasteiger charge is 2.15. The quantitative estimate of drug-likeness (QED) is 0.667. The van der Waals surface area contributed by atoms with Gasteiger partial charge in [-0.3, -0.25) is 19.0 Å². The van der Waals surface area contributed by atoms with Crippen molar-refractivity contribution in [3.63, 3.8) is 0 Å². The summed E-state index contributed by atoms with van der Waals surface area (Å²) in [5, 5.41) is 5.84. The van der Waals surface area contributed by atoms with Gasteiger partial charge in [-0.2, -0.15) is 0 Å². The molecule has 0 saturated carbocycles. The van der Waals surface area contributed by atoms with Crippen LogP contribution in [0.3, 0.4) is 0 Å². The van der Waals surface area contributed by atoms with Crippen LogP contribution in [-0.4, -0.2) is 27.9 Å². The van der Waals surface area contributed by atoms with E-state index in [1.807, 2.05) is 6.92 Å². The van der Waals surface area contributed by atoms with E-state index < -0.39 is 5.91 Å². The average molecular weight is 399 g/mol. The molecule has 8 heteroatoms. The van der Waals surface area contributed by atoms with Crippen molar-refractivity contribution in [3.8, 4) is 0 Å². The Morgan fingerprint density at radius 1 is 1.18 bits per heavy atom. The van der Waals surface area contributed by atoms with Gasteiger partial charge in [-0.05, 0) is 36.8 Å². The Morgan fingerprint density at radius 3 is 2.75 bits per heavy atom. The summed E-state index contributed by atoms with van der Waals surface area (Å²) < 4.78 is 1.33. The number of carbonyl (C=O) groups is 2. The Hall–Kier alpha value is -3.19. The van der Waals surface area contributed by atoms with Crippen molar-refractivity contribution in [2.45, 2.75) is 19.9 Å². The molecular weight excluding hydrogens is 380 g/mol. The number of anilines is 1. The first-order chi connectivity index (χ1) is 13.5. The molecule has 3 rings (SSSR count). The minimum absolute atomic E-state index is 0.218. The molecule has 0 fully saturated rings. The van der Waals surface area contributed by atoms with E-state index in [9.17, 15) is 14.4 Å². The lowest BCUT2D eigenvalue weighted by atomic mass is 10.1. The van der Waals surface area contributed by atoms with Crippen molar-refractivity contribution >= 4 is 40.1 Å². The highest BCUT2D eigenvalue weighted by Crippen LogP contribution is 2.21. The molecule has 28 heavy (non-hydrogen) atoms. The normalized spacial score (nSPS) is 10.6. The summed E-state index contributed by atoms with van der Waals surface area (Å²) in [6.45, 7) is 2.25. The van der Waals surface area contributed by atoms with Gasteiger partial charge in [0.2, 0.25) is 5.91 Å². The summed E-state index contributed by atoms with van der Waals surface area (Å²) in [6.07, 6.45) is 1.97. The van der Waals surface area contributed by atoms with E-state index in [2.05, 4.69) is 15.6 Å². The van der Waals surface area contributed by atoms with Crippen LogP contribution in [0.2, 0.25) is 5.02 Å². The molecule has 0 aliphatic heterocycles. The Bertz CT molecular complexity index is 1090. The molecule has 2 N–H and O–H groups in total. The minimum atomic E-state index is -0.453. The van der Waals surface area contributed by atoms with Gasteiger partial charge in [-0.25, -0.2) is 4.98 Å². The molecule has 2 amide bonds. The van der Waals surface area contributed by atoms with Crippen molar-refractivity contribution in [3.05, 3.63) is 69.6 Å². The molecule has 0 saturated heterocycles. The van der Waals surface area contributed by atoms with Crippen LogP contribution in [0.15, 0.2) is 53.5 Å². The molecule has 2 aromatic carbocycles. The van der Waals surface area contributed by atoms with E-state index in [-0.39, 0.29) is 23.7 Å². The number of fused-ring (bicyclic) bond motifs is 1. The number of carbonyl (C=O) groups excluding carboxylic acids is 2.